The summed E-state index contributed by atoms with van der Waals surface area (Å²) in [5.41, 5.74) is 3.48. The number of amides is 1. The summed E-state index contributed by atoms with van der Waals surface area (Å²) in [4.78, 5) is 12.2. The number of anilines is 2. The van der Waals surface area contributed by atoms with E-state index in [0.717, 1.165) is 16.8 Å². The Morgan fingerprint density at radius 2 is 1.87 bits per heavy atom. The molecule has 0 saturated heterocycles. The van der Waals surface area contributed by atoms with Gasteiger partial charge in [0, 0.05) is 18.7 Å². The fourth-order valence-electron chi connectivity index (χ4n) is 2.46. The van der Waals surface area contributed by atoms with Gasteiger partial charge in [-0.1, -0.05) is 44.2 Å². The Morgan fingerprint density at radius 1 is 1.13 bits per heavy atom. The first kappa shape index (κ1) is 17.0. The van der Waals surface area contributed by atoms with Gasteiger partial charge in [-0.15, -0.1) is 0 Å². The van der Waals surface area contributed by atoms with Crippen molar-refractivity contribution in [1.82, 2.24) is 0 Å². The van der Waals surface area contributed by atoms with Crippen molar-refractivity contribution in [1.29, 1.82) is 0 Å². The van der Waals surface area contributed by atoms with Crippen LogP contribution in [0.2, 0.25) is 0 Å². The van der Waals surface area contributed by atoms with Gasteiger partial charge in [0.1, 0.15) is 5.82 Å². The average Bonchev–Trinajstić information content (AvgIpc) is 2.51. The second kappa shape index (κ2) is 7.77. The molecule has 122 valence electrons. The topological polar surface area (TPSA) is 41.1 Å². The quantitative estimate of drug-likeness (QED) is 0.811. The van der Waals surface area contributed by atoms with Gasteiger partial charge in [0.05, 0.1) is 5.69 Å². The largest absolute Gasteiger partial charge is 0.382 e. The number of carbonyl (C=O) groups is 1. The third kappa shape index (κ3) is 4.55. The van der Waals surface area contributed by atoms with Crippen LogP contribution in [0.25, 0.3) is 0 Å². The lowest BCUT2D eigenvalue weighted by molar-refractivity contribution is -0.115. The van der Waals surface area contributed by atoms with Crippen molar-refractivity contribution in [3.05, 3.63) is 59.4 Å². The SMILES string of the molecule is Cc1cccc(C(C)C)c1NC(=O)CCNc1ccccc1F. The lowest BCUT2D eigenvalue weighted by atomic mass is 9.98. The van der Waals surface area contributed by atoms with E-state index in [1.165, 1.54) is 6.07 Å². The molecule has 23 heavy (non-hydrogen) atoms. The Hall–Kier alpha value is -2.36. The van der Waals surface area contributed by atoms with E-state index in [0.29, 0.717) is 18.2 Å². The minimum atomic E-state index is -0.311. The smallest absolute Gasteiger partial charge is 0.226 e. The monoisotopic (exact) mass is 314 g/mol. The van der Waals surface area contributed by atoms with Crippen LogP contribution in [0.15, 0.2) is 42.5 Å². The number of benzene rings is 2. The zero-order valence-electron chi connectivity index (χ0n) is 13.8. The Balaban J connectivity index is 1.94. The maximum absolute atomic E-state index is 13.5. The van der Waals surface area contributed by atoms with Crippen LogP contribution >= 0.6 is 0 Å². The van der Waals surface area contributed by atoms with E-state index in [1.807, 2.05) is 25.1 Å². The van der Waals surface area contributed by atoms with Crippen molar-refractivity contribution in [2.45, 2.75) is 33.1 Å². The number of nitrogens with one attached hydrogen (secondary N) is 2. The molecule has 0 unspecified atom stereocenters. The summed E-state index contributed by atoms with van der Waals surface area (Å²) in [6.45, 7) is 6.57. The fourth-order valence-corrected chi connectivity index (χ4v) is 2.46. The lowest BCUT2D eigenvalue weighted by Crippen LogP contribution is -2.18. The first-order chi connectivity index (χ1) is 11.0. The molecule has 0 aliphatic heterocycles. The molecule has 2 aromatic rings. The molecule has 0 radical (unpaired) electrons. The van der Waals surface area contributed by atoms with Crippen molar-refractivity contribution in [3.63, 3.8) is 0 Å². The Labute approximate surface area is 136 Å². The second-order valence-corrected chi connectivity index (χ2v) is 5.90. The van der Waals surface area contributed by atoms with Crippen LogP contribution < -0.4 is 10.6 Å². The van der Waals surface area contributed by atoms with Crippen molar-refractivity contribution in [2.24, 2.45) is 0 Å². The molecule has 0 aromatic heterocycles. The van der Waals surface area contributed by atoms with Crippen LogP contribution in [0, 0.1) is 12.7 Å². The van der Waals surface area contributed by atoms with Crippen molar-refractivity contribution in [3.8, 4) is 0 Å². The Morgan fingerprint density at radius 3 is 2.57 bits per heavy atom. The Kier molecular flexibility index (Phi) is 5.74. The van der Waals surface area contributed by atoms with Gasteiger partial charge in [-0.25, -0.2) is 4.39 Å². The average molecular weight is 314 g/mol. The molecule has 4 heteroatoms. The predicted octanol–water partition coefficient (Wildman–Crippen LogP) is 4.70. The van der Waals surface area contributed by atoms with Crippen molar-refractivity contribution >= 4 is 17.3 Å². The maximum Gasteiger partial charge on any atom is 0.226 e. The van der Waals surface area contributed by atoms with Crippen LogP contribution in [0.3, 0.4) is 0 Å². The van der Waals surface area contributed by atoms with Gasteiger partial charge in [0.2, 0.25) is 5.91 Å². The van der Waals surface area contributed by atoms with E-state index >= 15 is 0 Å². The summed E-state index contributed by atoms with van der Waals surface area (Å²) in [5.74, 6) is -0.0549. The molecule has 0 spiro atoms. The summed E-state index contributed by atoms with van der Waals surface area (Å²) >= 11 is 0. The molecule has 3 nitrogen and oxygen atoms in total. The molecule has 0 atom stereocenters. The van der Waals surface area contributed by atoms with Crippen molar-refractivity contribution < 1.29 is 9.18 Å². The molecular formula is C19H23FN2O. The van der Waals surface area contributed by atoms with Gasteiger partial charge in [-0.2, -0.15) is 0 Å². The zero-order chi connectivity index (χ0) is 16.8. The summed E-state index contributed by atoms with van der Waals surface area (Å²) in [5, 5.41) is 5.93. The minimum Gasteiger partial charge on any atom is -0.382 e. The van der Waals surface area contributed by atoms with Crippen LogP contribution in [-0.4, -0.2) is 12.5 Å². The molecule has 2 aromatic carbocycles. The third-order valence-corrected chi connectivity index (χ3v) is 3.73. The third-order valence-electron chi connectivity index (χ3n) is 3.73. The highest BCUT2D eigenvalue weighted by molar-refractivity contribution is 5.92. The minimum absolute atomic E-state index is 0.0787. The number of aryl methyl sites for hydroxylation is 1. The van der Waals surface area contributed by atoms with Gasteiger partial charge in [-0.05, 0) is 36.1 Å². The zero-order valence-corrected chi connectivity index (χ0v) is 13.8. The fraction of sp³-hybridized carbons (Fsp3) is 0.316. The summed E-state index contributed by atoms with van der Waals surface area (Å²) in [7, 11) is 0. The molecule has 0 bridgehead atoms. The predicted molar refractivity (Wildman–Crippen MR) is 93.4 cm³/mol. The van der Waals surface area contributed by atoms with Gasteiger partial charge in [0.15, 0.2) is 0 Å². The molecule has 0 saturated carbocycles. The highest BCUT2D eigenvalue weighted by atomic mass is 19.1. The van der Waals surface area contributed by atoms with Crippen LogP contribution in [0.1, 0.15) is 37.3 Å². The molecular weight excluding hydrogens is 291 g/mol. The number of para-hydroxylation sites is 2. The van der Waals surface area contributed by atoms with Crippen LogP contribution in [-0.2, 0) is 4.79 Å². The highest BCUT2D eigenvalue weighted by Crippen LogP contribution is 2.27. The van der Waals surface area contributed by atoms with Gasteiger partial charge in [0.25, 0.3) is 0 Å². The molecule has 2 rings (SSSR count). The van der Waals surface area contributed by atoms with E-state index in [-0.39, 0.29) is 18.1 Å². The highest BCUT2D eigenvalue weighted by Gasteiger charge is 2.12. The van der Waals surface area contributed by atoms with Gasteiger partial charge >= 0.3 is 0 Å². The van der Waals surface area contributed by atoms with E-state index in [2.05, 4.69) is 24.5 Å². The molecule has 0 fully saturated rings. The van der Waals surface area contributed by atoms with Gasteiger partial charge < -0.3 is 10.6 Å². The second-order valence-electron chi connectivity index (χ2n) is 5.90. The Bertz CT molecular complexity index is 683. The standard InChI is InChI=1S/C19H23FN2O/c1-13(2)15-8-6-7-14(3)19(15)22-18(23)11-12-21-17-10-5-4-9-16(17)20/h4-10,13,21H,11-12H2,1-3H3,(H,22,23). The summed E-state index contributed by atoms with van der Waals surface area (Å²) in [6.07, 6.45) is 0.278. The van der Waals surface area contributed by atoms with Crippen molar-refractivity contribution in [2.75, 3.05) is 17.2 Å². The first-order valence-corrected chi connectivity index (χ1v) is 7.86. The number of hydrogen-bond donors (Lipinski definition) is 2. The molecule has 0 heterocycles. The number of carbonyl (C=O) groups excluding carboxylic acids is 1. The summed E-state index contributed by atoms with van der Waals surface area (Å²) in [6, 6.07) is 12.5. The van der Waals surface area contributed by atoms with E-state index in [1.54, 1.807) is 18.2 Å². The van der Waals surface area contributed by atoms with Gasteiger partial charge in [-0.3, -0.25) is 4.79 Å². The number of halogens is 1. The van der Waals surface area contributed by atoms with E-state index < -0.39 is 0 Å². The molecule has 2 N–H and O–H groups in total. The lowest BCUT2D eigenvalue weighted by Gasteiger charge is -2.16. The molecule has 0 aliphatic rings. The first-order valence-electron chi connectivity index (χ1n) is 7.86. The number of rotatable bonds is 6. The van der Waals surface area contributed by atoms with E-state index in [4.69, 9.17) is 0 Å². The van der Waals surface area contributed by atoms with E-state index in [9.17, 15) is 9.18 Å². The number of hydrogen-bond acceptors (Lipinski definition) is 2. The molecule has 0 aliphatic carbocycles. The molecule has 1 amide bonds. The summed E-state index contributed by atoms with van der Waals surface area (Å²) < 4.78 is 13.5. The normalized spacial score (nSPS) is 10.7. The maximum atomic E-state index is 13.5. The van der Waals surface area contributed by atoms with Crippen LogP contribution in [0.5, 0.6) is 0 Å². The van der Waals surface area contributed by atoms with Crippen LogP contribution in [0.4, 0.5) is 15.8 Å².